The fraction of sp³-hybridized carbons (Fsp3) is 0.308. The summed E-state index contributed by atoms with van der Waals surface area (Å²) in [7, 11) is 0. The molecule has 0 radical (unpaired) electrons. The Kier molecular flexibility index (Phi) is 4.58. The Balaban J connectivity index is 2.36. The quantitative estimate of drug-likeness (QED) is 0.882. The summed E-state index contributed by atoms with van der Waals surface area (Å²) < 4.78 is 0. The molecule has 0 saturated carbocycles. The van der Waals surface area contributed by atoms with Crippen molar-refractivity contribution in [1.82, 2.24) is 10.3 Å². The summed E-state index contributed by atoms with van der Waals surface area (Å²) in [5.41, 5.74) is 8.10. The molecule has 3 nitrogen and oxygen atoms in total. The first-order valence-electron chi connectivity index (χ1n) is 5.88. The van der Waals surface area contributed by atoms with Gasteiger partial charge in [0.1, 0.15) is 5.82 Å². The van der Waals surface area contributed by atoms with Crippen molar-refractivity contribution in [2.45, 2.75) is 19.4 Å². The zero-order chi connectivity index (χ0) is 13.0. The molecule has 2 heterocycles. The van der Waals surface area contributed by atoms with Crippen molar-refractivity contribution in [3.63, 3.8) is 0 Å². The summed E-state index contributed by atoms with van der Waals surface area (Å²) in [6.45, 7) is 3.06. The largest absolute Gasteiger partial charge is 0.383 e. The number of nitrogens with two attached hydrogens (primary N) is 1. The molecule has 0 bridgehead atoms. The molecular formula is C13H16ClN3S. The molecule has 96 valence electrons. The standard InChI is InChI=1S/C13H16ClN3S/c1-2-4-16-12(9-3-5-18-8-9)11-6-10(14)7-17-13(11)15/h3,5-8,12,16H,2,4H2,1H3,(H2,15,17). The highest BCUT2D eigenvalue weighted by Gasteiger charge is 2.17. The van der Waals surface area contributed by atoms with Gasteiger partial charge < -0.3 is 11.1 Å². The van der Waals surface area contributed by atoms with E-state index < -0.39 is 0 Å². The lowest BCUT2D eigenvalue weighted by Crippen LogP contribution is -2.24. The first kappa shape index (κ1) is 13.3. The molecule has 0 saturated heterocycles. The van der Waals surface area contributed by atoms with E-state index in [0.29, 0.717) is 10.8 Å². The van der Waals surface area contributed by atoms with Gasteiger partial charge in [-0.05, 0) is 41.4 Å². The van der Waals surface area contributed by atoms with Crippen molar-refractivity contribution in [3.05, 3.63) is 45.2 Å². The predicted molar refractivity (Wildman–Crippen MR) is 78.1 cm³/mol. The van der Waals surface area contributed by atoms with E-state index in [1.165, 1.54) is 5.56 Å². The number of nitrogens with zero attached hydrogens (tertiary/aromatic N) is 1. The number of nitrogen functional groups attached to an aromatic ring is 1. The van der Waals surface area contributed by atoms with Crippen LogP contribution in [-0.2, 0) is 0 Å². The van der Waals surface area contributed by atoms with E-state index in [9.17, 15) is 0 Å². The van der Waals surface area contributed by atoms with Crippen molar-refractivity contribution in [2.75, 3.05) is 12.3 Å². The van der Waals surface area contributed by atoms with Crippen LogP contribution < -0.4 is 11.1 Å². The summed E-state index contributed by atoms with van der Waals surface area (Å²) in [6.07, 6.45) is 2.64. The zero-order valence-corrected chi connectivity index (χ0v) is 11.8. The molecule has 0 fully saturated rings. The maximum Gasteiger partial charge on any atom is 0.128 e. The molecule has 2 aromatic rings. The van der Waals surface area contributed by atoms with Gasteiger partial charge in [0.25, 0.3) is 0 Å². The average molecular weight is 282 g/mol. The summed E-state index contributed by atoms with van der Waals surface area (Å²) in [4.78, 5) is 4.13. The summed E-state index contributed by atoms with van der Waals surface area (Å²) in [5, 5.41) is 8.27. The lowest BCUT2D eigenvalue weighted by molar-refractivity contribution is 0.600. The Hall–Kier alpha value is -1.10. The Morgan fingerprint density at radius 3 is 3.06 bits per heavy atom. The smallest absolute Gasteiger partial charge is 0.128 e. The Bertz CT molecular complexity index is 499. The van der Waals surface area contributed by atoms with Crippen LogP contribution in [0.25, 0.3) is 0 Å². The number of hydrogen-bond donors (Lipinski definition) is 2. The van der Waals surface area contributed by atoms with Crippen LogP contribution in [0.1, 0.15) is 30.5 Å². The molecule has 5 heteroatoms. The second-order valence-electron chi connectivity index (χ2n) is 4.07. The van der Waals surface area contributed by atoms with Crippen molar-refractivity contribution in [3.8, 4) is 0 Å². The molecule has 0 aliphatic carbocycles. The monoisotopic (exact) mass is 281 g/mol. The van der Waals surface area contributed by atoms with Crippen LogP contribution in [0, 0.1) is 0 Å². The van der Waals surface area contributed by atoms with Crippen molar-refractivity contribution in [2.24, 2.45) is 0 Å². The lowest BCUT2D eigenvalue weighted by Gasteiger charge is -2.19. The van der Waals surface area contributed by atoms with Gasteiger partial charge in [-0.2, -0.15) is 11.3 Å². The van der Waals surface area contributed by atoms with E-state index in [1.807, 2.05) is 6.07 Å². The molecule has 1 atom stereocenters. The van der Waals surface area contributed by atoms with E-state index in [1.54, 1.807) is 17.5 Å². The van der Waals surface area contributed by atoms with E-state index in [0.717, 1.165) is 18.5 Å². The molecule has 1 unspecified atom stereocenters. The lowest BCUT2D eigenvalue weighted by atomic mass is 10.0. The van der Waals surface area contributed by atoms with Gasteiger partial charge in [0.2, 0.25) is 0 Å². The third kappa shape index (κ3) is 3.02. The van der Waals surface area contributed by atoms with Crippen molar-refractivity contribution in [1.29, 1.82) is 0 Å². The van der Waals surface area contributed by atoms with Crippen LogP contribution in [0.3, 0.4) is 0 Å². The highest BCUT2D eigenvalue weighted by atomic mass is 35.5. The van der Waals surface area contributed by atoms with E-state index in [-0.39, 0.29) is 6.04 Å². The van der Waals surface area contributed by atoms with Gasteiger partial charge in [-0.25, -0.2) is 4.98 Å². The maximum atomic E-state index is 6.01. The number of aromatic nitrogens is 1. The minimum Gasteiger partial charge on any atom is -0.383 e. The molecule has 18 heavy (non-hydrogen) atoms. The van der Waals surface area contributed by atoms with Crippen molar-refractivity contribution < 1.29 is 0 Å². The van der Waals surface area contributed by atoms with E-state index in [2.05, 4.69) is 34.1 Å². The highest BCUT2D eigenvalue weighted by Crippen LogP contribution is 2.29. The Morgan fingerprint density at radius 2 is 2.39 bits per heavy atom. The minimum atomic E-state index is 0.0578. The number of anilines is 1. The summed E-state index contributed by atoms with van der Waals surface area (Å²) in [6, 6.07) is 4.04. The zero-order valence-electron chi connectivity index (χ0n) is 10.2. The predicted octanol–water partition coefficient (Wildman–Crippen LogP) is 3.47. The number of nitrogens with one attached hydrogen (secondary N) is 1. The average Bonchev–Trinajstić information content (AvgIpc) is 2.88. The topological polar surface area (TPSA) is 50.9 Å². The van der Waals surface area contributed by atoms with Crippen LogP contribution in [-0.4, -0.2) is 11.5 Å². The van der Waals surface area contributed by atoms with Crippen LogP contribution in [0.4, 0.5) is 5.82 Å². The maximum absolute atomic E-state index is 6.01. The number of rotatable bonds is 5. The summed E-state index contributed by atoms with van der Waals surface area (Å²) in [5.74, 6) is 0.527. The number of hydrogen-bond acceptors (Lipinski definition) is 4. The molecule has 0 amide bonds. The molecule has 2 rings (SSSR count). The van der Waals surface area contributed by atoms with Crippen LogP contribution in [0.5, 0.6) is 0 Å². The third-order valence-electron chi connectivity index (χ3n) is 2.70. The van der Waals surface area contributed by atoms with E-state index in [4.69, 9.17) is 17.3 Å². The van der Waals surface area contributed by atoms with E-state index >= 15 is 0 Å². The molecule has 0 aliphatic rings. The normalized spacial score (nSPS) is 12.6. The molecule has 3 N–H and O–H groups in total. The third-order valence-corrected chi connectivity index (χ3v) is 3.61. The molecule has 2 aromatic heterocycles. The van der Waals surface area contributed by atoms with Crippen LogP contribution in [0.2, 0.25) is 5.02 Å². The van der Waals surface area contributed by atoms with Gasteiger partial charge >= 0.3 is 0 Å². The molecule has 0 spiro atoms. The van der Waals surface area contributed by atoms with Gasteiger partial charge in [0.15, 0.2) is 0 Å². The van der Waals surface area contributed by atoms with Crippen molar-refractivity contribution >= 4 is 28.8 Å². The van der Waals surface area contributed by atoms with Gasteiger partial charge in [-0.1, -0.05) is 18.5 Å². The van der Waals surface area contributed by atoms with Crippen LogP contribution >= 0.6 is 22.9 Å². The first-order chi connectivity index (χ1) is 8.72. The Morgan fingerprint density at radius 1 is 1.56 bits per heavy atom. The fourth-order valence-electron chi connectivity index (χ4n) is 1.83. The number of thiophene rings is 1. The van der Waals surface area contributed by atoms with Gasteiger partial charge in [-0.15, -0.1) is 0 Å². The second-order valence-corrected chi connectivity index (χ2v) is 5.29. The highest BCUT2D eigenvalue weighted by molar-refractivity contribution is 7.08. The van der Waals surface area contributed by atoms with Crippen LogP contribution in [0.15, 0.2) is 29.1 Å². The Labute approximate surface area is 116 Å². The first-order valence-corrected chi connectivity index (χ1v) is 7.21. The van der Waals surface area contributed by atoms with Gasteiger partial charge in [-0.3, -0.25) is 0 Å². The molecule has 0 aliphatic heterocycles. The SMILES string of the molecule is CCCNC(c1ccsc1)c1cc(Cl)cnc1N. The fourth-order valence-corrected chi connectivity index (χ4v) is 2.68. The van der Waals surface area contributed by atoms with Gasteiger partial charge in [0, 0.05) is 11.8 Å². The second kappa shape index (κ2) is 6.18. The molecule has 0 aromatic carbocycles. The minimum absolute atomic E-state index is 0.0578. The molecular weight excluding hydrogens is 266 g/mol. The van der Waals surface area contributed by atoms with Gasteiger partial charge in [0.05, 0.1) is 11.1 Å². The summed E-state index contributed by atoms with van der Waals surface area (Å²) >= 11 is 7.68. The number of halogens is 1. The number of pyridine rings is 1.